The van der Waals surface area contributed by atoms with Crippen molar-refractivity contribution in [3.8, 4) is 34.9 Å². The second kappa shape index (κ2) is 8.74. The summed E-state index contributed by atoms with van der Waals surface area (Å²) in [5, 5.41) is 30.2. The summed E-state index contributed by atoms with van der Waals surface area (Å²) < 4.78 is 5.71. The van der Waals surface area contributed by atoms with E-state index in [-0.39, 0.29) is 23.7 Å². The van der Waals surface area contributed by atoms with Gasteiger partial charge in [0.15, 0.2) is 11.1 Å². The number of hydrogen-bond acceptors (Lipinski definition) is 8. The summed E-state index contributed by atoms with van der Waals surface area (Å²) in [5.74, 6) is 4.37. The van der Waals surface area contributed by atoms with Crippen LogP contribution in [0, 0.1) is 23.2 Å². The zero-order valence-corrected chi connectivity index (χ0v) is 17.7. The van der Waals surface area contributed by atoms with Crippen molar-refractivity contribution in [2.45, 2.75) is 25.0 Å². The highest BCUT2D eigenvalue weighted by molar-refractivity contribution is 7.14. The van der Waals surface area contributed by atoms with Crippen LogP contribution in [0.25, 0.3) is 11.3 Å². The first-order valence-electron chi connectivity index (χ1n) is 9.32. The standard InChI is InChI=1S/C21H20N4O5S/c1-3-25(2)20(28)14(26)6-4-12-5-7-15-13(10-12)16-17(31-19(24-16)18(23)27)21(29,8-9-22)11-30-15/h5,7,10,14,26,29H,3,8,11H2,1-2H3,(H2,23,27). The average Bonchev–Trinajstić information content (AvgIpc) is 3.18. The largest absolute Gasteiger partial charge is 0.489 e. The van der Waals surface area contributed by atoms with Gasteiger partial charge in [-0.05, 0) is 25.1 Å². The highest BCUT2D eigenvalue weighted by atomic mass is 32.1. The van der Waals surface area contributed by atoms with Crippen molar-refractivity contribution in [1.82, 2.24) is 9.88 Å². The predicted octanol–water partition coefficient (Wildman–Crippen LogP) is 0.593. The van der Waals surface area contributed by atoms with Crippen LogP contribution in [-0.4, -0.2) is 58.2 Å². The Hall–Kier alpha value is -3.44. The van der Waals surface area contributed by atoms with Crippen molar-refractivity contribution in [2.24, 2.45) is 5.73 Å². The lowest BCUT2D eigenvalue weighted by atomic mass is 9.96. The third kappa shape index (κ3) is 4.37. The lowest BCUT2D eigenvalue weighted by molar-refractivity contribution is -0.135. The van der Waals surface area contributed by atoms with Crippen LogP contribution in [0.15, 0.2) is 18.2 Å². The van der Waals surface area contributed by atoms with Gasteiger partial charge in [-0.25, -0.2) is 4.98 Å². The number of carbonyl (C=O) groups is 2. The van der Waals surface area contributed by atoms with Gasteiger partial charge in [0.1, 0.15) is 18.0 Å². The van der Waals surface area contributed by atoms with Crippen molar-refractivity contribution in [1.29, 1.82) is 5.26 Å². The minimum atomic E-state index is -1.66. The number of nitriles is 1. The number of amides is 2. The topological polar surface area (TPSA) is 150 Å². The van der Waals surface area contributed by atoms with Crippen molar-refractivity contribution < 1.29 is 24.5 Å². The molecule has 0 spiro atoms. The highest BCUT2D eigenvalue weighted by Crippen LogP contribution is 2.44. The summed E-state index contributed by atoms with van der Waals surface area (Å²) in [6.45, 7) is 2.01. The number of nitrogens with zero attached hydrogens (tertiary/aromatic N) is 3. The van der Waals surface area contributed by atoms with Crippen LogP contribution >= 0.6 is 11.3 Å². The quantitative estimate of drug-likeness (QED) is 0.589. The minimum Gasteiger partial charge on any atom is -0.489 e. The number of thiazole rings is 1. The van der Waals surface area contributed by atoms with Gasteiger partial charge in [0.2, 0.25) is 0 Å². The van der Waals surface area contributed by atoms with E-state index in [1.165, 1.54) is 4.90 Å². The first-order valence-corrected chi connectivity index (χ1v) is 10.1. The van der Waals surface area contributed by atoms with E-state index >= 15 is 0 Å². The van der Waals surface area contributed by atoms with Crippen LogP contribution < -0.4 is 10.5 Å². The molecule has 2 atom stereocenters. The number of fused-ring (bicyclic) bond motifs is 3. The van der Waals surface area contributed by atoms with Crippen molar-refractivity contribution in [3.63, 3.8) is 0 Å². The number of rotatable bonds is 4. The second-order valence-corrected chi connectivity index (χ2v) is 7.95. The zero-order valence-electron chi connectivity index (χ0n) is 16.9. The van der Waals surface area contributed by atoms with E-state index in [2.05, 4.69) is 16.8 Å². The summed E-state index contributed by atoms with van der Waals surface area (Å²) in [4.78, 5) is 29.6. The molecular formula is C21H20N4O5S. The number of hydrogen-bond donors (Lipinski definition) is 3. The highest BCUT2D eigenvalue weighted by Gasteiger charge is 2.40. The number of likely N-dealkylation sites (N-methyl/N-ethyl adjacent to an activating group) is 1. The Morgan fingerprint density at radius 2 is 2.23 bits per heavy atom. The number of benzene rings is 1. The molecular weight excluding hydrogens is 420 g/mol. The summed E-state index contributed by atoms with van der Waals surface area (Å²) in [7, 11) is 1.56. The third-order valence-electron chi connectivity index (χ3n) is 4.77. The monoisotopic (exact) mass is 440 g/mol. The molecule has 0 radical (unpaired) electrons. The van der Waals surface area contributed by atoms with Gasteiger partial charge in [0.05, 0.1) is 23.1 Å². The van der Waals surface area contributed by atoms with Gasteiger partial charge in [-0.2, -0.15) is 5.26 Å². The van der Waals surface area contributed by atoms with Gasteiger partial charge >= 0.3 is 0 Å². The fraction of sp³-hybridized carbons (Fsp3) is 0.333. The van der Waals surface area contributed by atoms with Crippen molar-refractivity contribution in [3.05, 3.63) is 33.6 Å². The maximum absolute atomic E-state index is 12.0. The maximum Gasteiger partial charge on any atom is 0.277 e. The summed E-state index contributed by atoms with van der Waals surface area (Å²) in [5.41, 5.74) is 4.89. The van der Waals surface area contributed by atoms with Crippen LogP contribution in [0.1, 0.15) is 33.6 Å². The lowest BCUT2D eigenvalue weighted by Crippen LogP contribution is -2.35. The summed E-state index contributed by atoms with van der Waals surface area (Å²) >= 11 is 0.908. The molecule has 0 saturated carbocycles. The van der Waals surface area contributed by atoms with E-state index in [1.54, 1.807) is 32.2 Å². The molecule has 2 amide bonds. The van der Waals surface area contributed by atoms with E-state index in [1.807, 2.05) is 6.07 Å². The maximum atomic E-state index is 12.0. The van der Waals surface area contributed by atoms with Crippen LogP contribution in [0.2, 0.25) is 0 Å². The number of aliphatic hydroxyl groups is 2. The Morgan fingerprint density at radius 3 is 2.87 bits per heavy atom. The molecule has 0 aliphatic carbocycles. The Balaban J connectivity index is 2.06. The number of carbonyl (C=O) groups excluding carboxylic acids is 2. The molecule has 4 N–H and O–H groups in total. The fourth-order valence-corrected chi connectivity index (χ4v) is 3.95. The van der Waals surface area contributed by atoms with Crippen LogP contribution in [0.4, 0.5) is 0 Å². The zero-order chi connectivity index (χ0) is 22.8. The first kappa shape index (κ1) is 22.2. The molecule has 31 heavy (non-hydrogen) atoms. The van der Waals surface area contributed by atoms with Gasteiger partial charge in [-0.3, -0.25) is 9.59 Å². The Morgan fingerprint density at radius 1 is 1.48 bits per heavy atom. The van der Waals surface area contributed by atoms with E-state index < -0.39 is 23.5 Å². The third-order valence-corrected chi connectivity index (χ3v) is 6.03. The molecule has 1 aromatic carbocycles. The van der Waals surface area contributed by atoms with E-state index in [4.69, 9.17) is 15.7 Å². The molecule has 2 unspecified atom stereocenters. The van der Waals surface area contributed by atoms with Crippen LogP contribution in [-0.2, 0) is 10.4 Å². The van der Waals surface area contributed by atoms with Gasteiger partial charge in [-0.1, -0.05) is 11.8 Å². The van der Waals surface area contributed by atoms with Crippen LogP contribution in [0.5, 0.6) is 5.75 Å². The molecule has 1 aromatic heterocycles. The van der Waals surface area contributed by atoms with Crippen molar-refractivity contribution in [2.75, 3.05) is 20.2 Å². The number of aromatic nitrogens is 1. The van der Waals surface area contributed by atoms with Crippen LogP contribution in [0.3, 0.4) is 0 Å². The Kier molecular flexibility index (Phi) is 6.27. The summed E-state index contributed by atoms with van der Waals surface area (Å²) in [6.07, 6.45) is -1.74. The molecule has 10 heteroatoms. The molecule has 0 saturated heterocycles. The van der Waals surface area contributed by atoms with Gasteiger partial charge in [0.25, 0.3) is 11.8 Å². The Labute approximate surface area is 182 Å². The molecule has 160 valence electrons. The molecule has 0 fully saturated rings. The first-order chi connectivity index (χ1) is 14.7. The molecule has 1 aliphatic heterocycles. The number of aliphatic hydroxyl groups excluding tert-OH is 1. The average molecular weight is 440 g/mol. The molecule has 2 heterocycles. The molecule has 3 rings (SSSR count). The normalized spacial score (nSPS) is 17.5. The SMILES string of the molecule is CCN(C)C(=O)C(O)C#Cc1ccc2c(c1)-c1nc(C(N)=O)sc1C(O)(CC#N)CO2. The van der Waals surface area contributed by atoms with Gasteiger partial charge in [0, 0.05) is 24.7 Å². The van der Waals surface area contributed by atoms with E-state index in [9.17, 15) is 19.8 Å². The van der Waals surface area contributed by atoms with Gasteiger partial charge < -0.3 is 25.6 Å². The molecule has 0 bridgehead atoms. The minimum absolute atomic E-state index is 0.00526. The Bertz CT molecular complexity index is 1140. The molecule has 2 aromatic rings. The second-order valence-electron chi connectivity index (χ2n) is 6.95. The van der Waals surface area contributed by atoms with Crippen molar-refractivity contribution >= 4 is 23.2 Å². The van der Waals surface area contributed by atoms with Gasteiger partial charge in [-0.15, -0.1) is 11.3 Å². The summed E-state index contributed by atoms with van der Waals surface area (Å²) in [6, 6.07) is 6.78. The smallest absolute Gasteiger partial charge is 0.277 e. The lowest BCUT2D eigenvalue weighted by Gasteiger charge is -2.22. The number of primary amides is 1. The molecule has 9 nitrogen and oxygen atoms in total. The molecule has 1 aliphatic rings. The van der Waals surface area contributed by atoms with E-state index in [0.29, 0.717) is 28.3 Å². The fourth-order valence-electron chi connectivity index (χ4n) is 2.94. The van der Waals surface area contributed by atoms with E-state index in [0.717, 1.165) is 11.3 Å². The number of ether oxygens (including phenoxy) is 1. The number of nitrogens with two attached hydrogens (primary N) is 1. The predicted molar refractivity (Wildman–Crippen MR) is 112 cm³/mol.